The molecule has 2 aromatic heterocycles. The van der Waals surface area contributed by atoms with E-state index in [4.69, 9.17) is 4.52 Å². The van der Waals surface area contributed by atoms with E-state index in [-0.39, 0.29) is 23.3 Å². The summed E-state index contributed by atoms with van der Waals surface area (Å²) in [5.41, 5.74) is 0.851. The monoisotopic (exact) mass is 447 g/mol. The van der Waals surface area contributed by atoms with Crippen LogP contribution in [0.2, 0.25) is 0 Å². The van der Waals surface area contributed by atoms with E-state index in [1.807, 2.05) is 11.0 Å². The first kappa shape index (κ1) is 19.5. The highest BCUT2D eigenvalue weighted by Crippen LogP contribution is 2.47. The van der Waals surface area contributed by atoms with Gasteiger partial charge in [0.1, 0.15) is 0 Å². The summed E-state index contributed by atoms with van der Waals surface area (Å²) in [5, 5.41) is 4.24. The van der Waals surface area contributed by atoms with Gasteiger partial charge in [-0.15, -0.1) is 0 Å². The number of piperidine rings is 1. The lowest BCUT2D eigenvalue weighted by atomic mass is 9.76. The van der Waals surface area contributed by atoms with Gasteiger partial charge in [-0.25, -0.2) is 0 Å². The first-order valence-electron chi connectivity index (χ1n) is 9.80. The highest BCUT2D eigenvalue weighted by atomic mass is 79.9. The third-order valence-electron chi connectivity index (χ3n) is 6.06. The molecule has 2 aliphatic rings. The minimum Gasteiger partial charge on any atom is -0.339 e. The molecule has 0 saturated carbocycles. The molecule has 1 spiro atoms. The molecule has 8 heteroatoms. The third-order valence-corrected chi connectivity index (χ3v) is 6.49. The quantitative estimate of drug-likeness (QED) is 0.714. The summed E-state index contributed by atoms with van der Waals surface area (Å²) in [7, 11) is 2.13. The molecule has 2 fully saturated rings. The van der Waals surface area contributed by atoms with Crippen molar-refractivity contribution in [3.63, 3.8) is 0 Å². The topological polar surface area (TPSA) is 75.4 Å². The van der Waals surface area contributed by atoms with E-state index in [2.05, 4.69) is 56.8 Å². The van der Waals surface area contributed by atoms with E-state index in [1.165, 1.54) is 0 Å². The Hall–Kier alpha value is -1.80. The molecule has 0 aromatic carbocycles. The highest BCUT2D eigenvalue weighted by molar-refractivity contribution is 9.10. The molecule has 2 aromatic rings. The molecule has 0 aliphatic carbocycles. The van der Waals surface area contributed by atoms with Gasteiger partial charge in [-0.3, -0.25) is 14.7 Å². The van der Waals surface area contributed by atoms with E-state index in [0.717, 1.165) is 49.2 Å². The van der Waals surface area contributed by atoms with Crippen LogP contribution >= 0.6 is 15.9 Å². The molecule has 0 radical (unpaired) electrons. The lowest BCUT2D eigenvalue weighted by Crippen LogP contribution is -2.44. The molecule has 150 valence electrons. The van der Waals surface area contributed by atoms with Gasteiger partial charge in [-0.05, 0) is 53.7 Å². The van der Waals surface area contributed by atoms with E-state index >= 15 is 0 Å². The first-order chi connectivity index (χ1) is 13.4. The molecule has 0 N–H and O–H groups in total. The van der Waals surface area contributed by atoms with Gasteiger partial charge in [-0.2, -0.15) is 4.98 Å². The summed E-state index contributed by atoms with van der Waals surface area (Å²) in [6.07, 6.45) is 6.34. The lowest BCUT2D eigenvalue weighted by Gasteiger charge is -2.39. The second kappa shape index (κ2) is 7.55. The summed E-state index contributed by atoms with van der Waals surface area (Å²) in [5.74, 6) is 1.80. The van der Waals surface area contributed by atoms with Crippen molar-refractivity contribution in [1.82, 2.24) is 24.9 Å². The van der Waals surface area contributed by atoms with Crippen LogP contribution in [0.3, 0.4) is 0 Å². The van der Waals surface area contributed by atoms with Gasteiger partial charge in [0.25, 0.3) is 5.91 Å². The number of rotatable bonds is 3. The fourth-order valence-corrected chi connectivity index (χ4v) is 4.80. The number of likely N-dealkylation sites (tertiary alicyclic amines) is 2. The maximum absolute atomic E-state index is 12.8. The molecule has 1 amide bonds. The van der Waals surface area contributed by atoms with Crippen molar-refractivity contribution in [2.75, 3.05) is 26.7 Å². The normalized spacial score (nSPS) is 22.3. The number of nitrogens with zero attached hydrogens (tertiary/aromatic N) is 5. The zero-order valence-corrected chi connectivity index (χ0v) is 18.1. The van der Waals surface area contributed by atoms with Gasteiger partial charge in [-0.1, -0.05) is 19.0 Å². The first-order valence-corrected chi connectivity index (χ1v) is 10.6. The molecule has 1 atom stereocenters. The van der Waals surface area contributed by atoms with Crippen LogP contribution in [0.25, 0.3) is 0 Å². The molecule has 2 saturated heterocycles. The van der Waals surface area contributed by atoms with Gasteiger partial charge < -0.3 is 9.42 Å². The predicted octanol–water partition coefficient (Wildman–Crippen LogP) is 3.65. The Bertz CT molecular complexity index is 860. The Morgan fingerprint density at radius 1 is 1.32 bits per heavy atom. The van der Waals surface area contributed by atoms with Crippen LogP contribution in [-0.4, -0.2) is 57.5 Å². The van der Waals surface area contributed by atoms with Gasteiger partial charge in [0.15, 0.2) is 5.82 Å². The van der Waals surface area contributed by atoms with Crippen LogP contribution in [0.5, 0.6) is 0 Å². The average molecular weight is 448 g/mol. The Kier molecular flexibility index (Phi) is 5.26. The molecule has 1 unspecified atom stereocenters. The summed E-state index contributed by atoms with van der Waals surface area (Å²) in [6.45, 7) is 6.67. The van der Waals surface area contributed by atoms with Gasteiger partial charge in [0, 0.05) is 42.4 Å². The van der Waals surface area contributed by atoms with Crippen molar-refractivity contribution in [3.8, 4) is 0 Å². The number of carbonyl (C=O) groups is 1. The van der Waals surface area contributed by atoms with Crippen molar-refractivity contribution >= 4 is 21.8 Å². The molecule has 4 rings (SSSR count). The maximum Gasteiger partial charge on any atom is 0.255 e. The van der Waals surface area contributed by atoms with Crippen LogP contribution in [0.1, 0.15) is 67.1 Å². The maximum atomic E-state index is 12.8. The summed E-state index contributed by atoms with van der Waals surface area (Å²) < 4.78 is 6.25. The van der Waals surface area contributed by atoms with Crippen LogP contribution < -0.4 is 0 Å². The Morgan fingerprint density at radius 2 is 2.07 bits per heavy atom. The van der Waals surface area contributed by atoms with Crippen molar-refractivity contribution in [2.45, 2.75) is 45.1 Å². The Balaban J connectivity index is 1.42. The van der Waals surface area contributed by atoms with E-state index in [0.29, 0.717) is 11.5 Å². The molecular weight excluding hydrogens is 422 g/mol. The molecule has 4 heterocycles. The Labute approximate surface area is 173 Å². The van der Waals surface area contributed by atoms with Crippen molar-refractivity contribution in [3.05, 3.63) is 40.2 Å². The number of amides is 1. The fourth-order valence-electron chi connectivity index (χ4n) is 4.43. The summed E-state index contributed by atoms with van der Waals surface area (Å²) >= 11 is 3.39. The molecular formula is C20H26BrN5O2. The number of halogens is 1. The van der Waals surface area contributed by atoms with Crippen molar-refractivity contribution in [2.24, 2.45) is 5.41 Å². The van der Waals surface area contributed by atoms with Crippen molar-refractivity contribution in [1.29, 1.82) is 0 Å². The van der Waals surface area contributed by atoms with E-state index < -0.39 is 0 Å². The number of hydrogen-bond donors (Lipinski definition) is 0. The molecule has 0 bridgehead atoms. The Morgan fingerprint density at radius 3 is 2.71 bits per heavy atom. The van der Waals surface area contributed by atoms with Crippen molar-refractivity contribution < 1.29 is 9.32 Å². The number of hydrogen-bond acceptors (Lipinski definition) is 6. The highest BCUT2D eigenvalue weighted by Gasteiger charge is 2.46. The standard InChI is InChI=1S/C20H26BrN5O2/c1-13(2)18-23-17(24-28-18)16-9-20(12-25(16)3)4-6-26(7-5-20)19(27)14-8-15(21)11-22-10-14/h8,10-11,13,16H,4-7,9,12H2,1-3H3. The summed E-state index contributed by atoms with van der Waals surface area (Å²) in [4.78, 5) is 25.8. The minimum absolute atomic E-state index is 0.0614. The van der Waals surface area contributed by atoms with Crippen LogP contribution in [0, 0.1) is 5.41 Å². The zero-order chi connectivity index (χ0) is 19.9. The third kappa shape index (κ3) is 3.72. The second-order valence-electron chi connectivity index (χ2n) is 8.46. The summed E-state index contributed by atoms with van der Waals surface area (Å²) in [6, 6.07) is 2.02. The molecule has 28 heavy (non-hydrogen) atoms. The van der Waals surface area contributed by atoms with Gasteiger partial charge in [0.05, 0.1) is 11.6 Å². The second-order valence-corrected chi connectivity index (χ2v) is 9.38. The van der Waals surface area contributed by atoms with E-state index in [9.17, 15) is 4.79 Å². The van der Waals surface area contributed by atoms with Crippen LogP contribution in [0.15, 0.2) is 27.5 Å². The predicted molar refractivity (Wildman–Crippen MR) is 108 cm³/mol. The fraction of sp³-hybridized carbons (Fsp3) is 0.600. The molecule has 2 aliphatic heterocycles. The van der Waals surface area contributed by atoms with Crippen LogP contribution in [-0.2, 0) is 0 Å². The van der Waals surface area contributed by atoms with Gasteiger partial charge >= 0.3 is 0 Å². The SMILES string of the molecule is CC(C)c1nc(C2CC3(CCN(C(=O)c4cncc(Br)c4)CC3)CN2C)no1. The van der Waals surface area contributed by atoms with Crippen LogP contribution in [0.4, 0.5) is 0 Å². The number of carbonyl (C=O) groups excluding carboxylic acids is 1. The largest absolute Gasteiger partial charge is 0.339 e. The lowest BCUT2D eigenvalue weighted by molar-refractivity contribution is 0.0593. The molecule has 7 nitrogen and oxygen atoms in total. The van der Waals surface area contributed by atoms with Gasteiger partial charge in [0.2, 0.25) is 5.89 Å². The van der Waals surface area contributed by atoms with E-state index in [1.54, 1.807) is 12.4 Å². The number of aromatic nitrogens is 3. The number of pyridine rings is 1. The smallest absolute Gasteiger partial charge is 0.255 e. The zero-order valence-electron chi connectivity index (χ0n) is 16.6. The minimum atomic E-state index is 0.0614. The average Bonchev–Trinajstić information content (AvgIpc) is 3.27.